The molecule has 0 aromatic heterocycles. The molecule has 1 fully saturated rings. The van der Waals surface area contributed by atoms with Gasteiger partial charge in [-0.15, -0.1) is 0 Å². The Hall–Kier alpha value is -1.15. The van der Waals surface area contributed by atoms with Crippen LogP contribution in [0.5, 0.6) is 0 Å². The second-order valence-electron chi connectivity index (χ2n) is 5.29. The minimum atomic E-state index is 0.191. The third kappa shape index (κ3) is 2.75. The molecule has 1 saturated carbocycles. The van der Waals surface area contributed by atoms with E-state index in [1.54, 1.807) is 0 Å². The largest absolute Gasteiger partial charge is 0.328 e. The van der Waals surface area contributed by atoms with E-state index in [0.29, 0.717) is 11.8 Å². The Labute approximate surface area is 103 Å². The summed E-state index contributed by atoms with van der Waals surface area (Å²) < 4.78 is 0. The van der Waals surface area contributed by atoms with E-state index in [1.807, 2.05) is 19.1 Å². The Morgan fingerprint density at radius 1 is 1.18 bits per heavy atom. The number of hydrogen-bond donors (Lipinski definition) is 1. The summed E-state index contributed by atoms with van der Waals surface area (Å²) in [6.45, 7) is 4.08. The first-order valence-electron chi connectivity index (χ1n) is 6.45. The minimum absolute atomic E-state index is 0.191. The second-order valence-corrected chi connectivity index (χ2v) is 5.29. The summed E-state index contributed by atoms with van der Waals surface area (Å²) in [5.41, 5.74) is 9.09. The first-order chi connectivity index (χ1) is 8.08. The number of carbonyl (C=O) groups excluding carboxylic acids is 1. The lowest BCUT2D eigenvalue weighted by Gasteiger charge is -2.25. The maximum atomic E-state index is 12.4. The van der Waals surface area contributed by atoms with Crippen molar-refractivity contribution in [1.29, 1.82) is 0 Å². The van der Waals surface area contributed by atoms with Gasteiger partial charge in [-0.05, 0) is 45.1 Å². The van der Waals surface area contributed by atoms with Crippen LogP contribution in [-0.4, -0.2) is 11.8 Å². The van der Waals surface area contributed by atoms with Crippen molar-refractivity contribution in [3.8, 4) is 0 Å². The van der Waals surface area contributed by atoms with Gasteiger partial charge in [-0.2, -0.15) is 0 Å². The molecule has 1 aliphatic carbocycles. The van der Waals surface area contributed by atoms with Crippen molar-refractivity contribution >= 4 is 5.78 Å². The Morgan fingerprint density at radius 2 is 1.82 bits per heavy atom. The molecule has 2 rings (SSSR count). The summed E-state index contributed by atoms with van der Waals surface area (Å²) in [6, 6.07) is 6.39. The van der Waals surface area contributed by atoms with Gasteiger partial charge in [0.15, 0.2) is 5.78 Å². The fraction of sp³-hybridized carbons (Fsp3) is 0.533. The number of ketones is 1. The highest BCUT2D eigenvalue weighted by atomic mass is 16.1. The van der Waals surface area contributed by atoms with E-state index in [9.17, 15) is 4.79 Å². The van der Waals surface area contributed by atoms with Crippen molar-refractivity contribution in [2.45, 2.75) is 45.6 Å². The molecule has 0 aliphatic heterocycles. The zero-order valence-electron chi connectivity index (χ0n) is 10.7. The third-order valence-electron chi connectivity index (χ3n) is 3.79. The van der Waals surface area contributed by atoms with Crippen LogP contribution in [0.25, 0.3) is 0 Å². The Morgan fingerprint density at radius 3 is 2.41 bits per heavy atom. The molecule has 2 N–H and O–H groups in total. The Kier molecular flexibility index (Phi) is 3.63. The average Bonchev–Trinajstić information content (AvgIpc) is 2.29. The summed E-state index contributed by atoms with van der Waals surface area (Å²) in [4.78, 5) is 12.4. The number of rotatable bonds is 2. The van der Waals surface area contributed by atoms with Gasteiger partial charge in [0.1, 0.15) is 0 Å². The van der Waals surface area contributed by atoms with Gasteiger partial charge < -0.3 is 5.73 Å². The first-order valence-corrected chi connectivity index (χ1v) is 6.45. The van der Waals surface area contributed by atoms with Crippen LogP contribution in [0.15, 0.2) is 18.2 Å². The molecule has 1 aliphatic rings. The predicted octanol–water partition coefficient (Wildman–Crippen LogP) is 3.00. The molecule has 17 heavy (non-hydrogen) atoms. The SMILES string of the molecule is Cc1ccc(C(=O)C2CCC(N)CC2)c(C)c1. The van der Waals surface area contributed by atoms with E-state index in [1.165, 1.54) is 5.56 Å². The fourth-order valence-corrected chi connectivity index (χ4v) is 2.69. The molecule has 0 saturated heterocycles. The van der Waals surface area contributed by atoms with E-state index in [-0.39, 0.29) is 5.92 Å². The van der Waals surface area contributed by atoms with E-state index >= 15 is 0 Å². The van der Waals surface area contributed by atoms with Crippen LogP contribution in [0.3, 0.4) is 0 Å². The molecule has 0 heterocycles. The number of benzene rings is 1. The van der Waals surface area contributed by atoms with Crippen LogP contribution < -0.4 is 5.73 Å². The highest BCUT2D eigenvalue weighted by Crippen LogP contribution is 2.27. The lowest BCUT2D eigenvalue weighted by atomic mass is 9.81. The molecule has 2 nitrogen and oxygen atoms in total. The van der Waals surface area contributed by atoms with Gasteiger partial charge in [-0.1, -0.05) is 23.8 Å². The lowest BCUT2D eigenvalue weighted by Crippen LogP contribution is -2.30. The maximum Gasteiger partial charge on any atom is 0.166 e. The van der Waals surface area contributed by atoms with E-state index in [4.69, 9.17) is 5.73 Å². The zero-order valence-corrected chi connectivity index (χ0v) is 10.7. The average molecular weight is 231 g/mol. The first kappa shape index (κ1) is 12.3. The Balaban J connectivity index is 2.14. The molecule has 92 valence electrons. The normalized spacial score (nSPS) is 24.6. The number of Topliss-reactive ketones (excluding diaryl/α,β-unsaturated/α-hetero) is 1. The van der Waals surface area contributed by atoms with Crippen molar-refractivity contribution in [2.75, 3.05) is 0 Å². The molecule has 0 unspecified atom stereocenters. The topological polar surface area (TPSA) is 43.1 Å². The highest BCUT2D eigenvalue weighted by molar-refractivity contribution is 5.99. The van der Waals surface area contributed by atoms with Crippen molar-refractivity contribution < 1.29 is 4.79 Å². The molecule has 0 amide bonds. The number of hydrogen-bond acceptors (Lipinski definition) is 2. The number of aryl methyl sites for hydroxylation is 2. The molecule has 0 atom stereocenters. The lowest BCUT2D eigenvalue weighted by molar-refractivity contribution is 0.0884. The van der Waals surface area contributed by atoms with Gasteiger partial charge in [0.2, 0.25) is 0 Å². The monoisotopic (exact) mass is 231 g/mol. The van der Waals surface area contributed by atoms with E-state index in [0.717, 1.165) is 36.8 Å². The maximum absolute atomic E-state index is 12.4. The van der Waals surface area contributed by atoms with Crippen LogP contribution in [-0.2, 0) is 0 Å². The van der Waals surface area contributed by atoms with Crippen molar-refractivity contribution in [3.05, 3.63) is 34.9 Å². The van der Waals surface area contributed by atoms with Crippen molar-refractivity contribution in [1.82, 2.24) is 0 Å². The van der Waals surface area contributed by atoms with Crippen LogP contribution >= 0.6 is 0 Å². The summed E-state index contributed by atoms with van der Waals surface area (Å²) in [7, 11) is 0. The molecule has 0 radical (unpaired) electrons. The number of nitrogens with two attached hydrogens (primary N) is 1. The standard InChI is InChI=1S/C15H21NO/c1-10-3-8-14(11(2)9-10)15(17)12-4-6-13(16)7-5-12/h3,8-9,12-13H,4-7,16H2,1-2H3. The molecule has 1 aromatic rings. The van der Waals surface area contributed by atoms with Gasteiger partial charge in [-0.25, -0.2) is 0 Å². The van der Waals surface area contributed by atoms with Gasteiger partial charge in [0, 0.05) is 17.5 Å². The Bertz CT molecular complexity index is 417. The van der Waals surface area contributed by atoms with Gasteiger partial charge in [0.25, 0.3) is 0 Å². The van der Waals surface area contributed by atoms with E-state index in [2.05, 4.69) is 13.0 Å². The van der Waals surface area contributed by atoms with Crippen LogP contribution in [0, 0.1) is 19.8 Å². The summed E-state index contributed by atoms with van der Waals surface area (Å²) in [6.07, 6.45) is 3.88. The van der Waals surface area contributed by atoms with Gasteiger partial charge >= 0.3 is 0 Å². The van der Waals surface area contributed by atoms with Crippen molar-refractivity contribution in [2.24, 2.45) is 11.7 Å². The highest BCUT2D eigenvalue weighted by Gasteiger charge is 2.26. The third-order valence-corrected chi connectivity index (χ3v) is 3.79. The quantitative estimate of drug-likeness (QED) is 0.795. The fourth-order valence-electron chi connectivity index (χ4n) is 2.69. The summed E-state index contributed by atoms with van der Waals surface area (Å²) in [5, 5.41) is 0. The molecular weight excluding hydrogens is 210 g/mol. The predicted molar refractivity (Wildman–Crippen MR) is 70.2 cm³/mol. The number of carbonyl (C=O) groups is 1. The van der Waals surface area contributed by atoms with Crippen LogP contribution in [0.4, 0.5) is 0 Å². The second kappa shape index (κ2) is 5.01. The minimum Gasteiger partial charge on any atom is -0.328 e. The van der Waals surface area contributed by atoms with Gasteiger partial charge in [-0.3, -0.25) is 4.79 Å². The molecule has 2 heteroatoms. The zero-order chi connectivity index (χ0) is 12.4. The molecule has 1 aromatic carbocycles. The molecule has 0 bridgehead atoms. The van der Waals surface area contributed by atoms with E-state index < -0.39 is 0 Å². The summed E-state index contributed by atoms with van der Waals surface area (Å²) >= 11 is 0. The van der Waals surface area contributed by atoms with Gasteiger partial charge in [0.05, 0.1) is 0 Å². The summed E-state index contributed by atoms with van der Waals surface area (Å²) in [5.74, 6) is 0.505. The molecule has 0 spiro atoms. The van der Waals surface area contributed by atoms with Crippen LogP contribution in [0.2, 0.25) is 0 Å². The smallest absolute Gasteiger partial charge is 0.166 e. The van der Waals surface area contributed by atoms with Crippen LogP contribution in [0.1, 0.15) is 47.2 Å². The van der Waals surface area contributed by atoms with Crippen molar-refractivity contribution in [3.63, 3.8) is 0 Å². The molecular formula is C15H21NO.